The van der Waals surface area contributed by atoms with Gasteiger partial charge in [-0.2, -0.15) is 11.8 Å². The molecule has 3 atom stereocenters. The molecule has 1 saturated carbocycles. The Morgan fingerprint density at radius 1 is 1.29 bits per heavy atom. The van der Waals surface area contributed by atoms with Crippen LogP contribution in [-0.2, 0) is 0 Å². The number of rotatable bonds is 5. The molecule has 0 bridgehead atoms. The third-order valence-corrected chi connectivity index (χ3v) is 5.56. The van der Waals surface area contributed by atoms with E-state index < -0.39 is 0 Å². The molecule has 1 aliphatic carbocycles. The van der Waals surface area contributed by atoms with Crippen LogP contribution in [0.15, 0.2) is 0 Å². The molecule has 2 fully saturated rings. The summed E-state index contributed by atoms with van der Waals surface area (Å²) in [4.78, 5) is 2.61. The zero-order valence-electron chi connectivity index (χ0n) is 11.6. The van der Waals surface area contributed by atoms with Crippen molar-refractivity contribution >= 4 is 11.8 Å². The molecule has 100 valence electrons. The van der Waals surface area contributed by atoms with E-state index in [-0.39, 0.29) is 0 Å². The largest absolute Gasteiger partial charge is 0.309 e. The van der Waals surface area contributed by atoms with Gasteiger partial charge < -0.3 is 5.32 Å². The van der Waals surface area contributed by atoms with Crippen LogP contribution in [0.2, 0.25) is 0 Å². The first kappa shape index (κ1) is 13.7. The first-order valence-electron chi connectivity index (χ1n) is 7.32. The van der Waals surface area contributed by atoms with E-state index in [9.17, 15) is 0 Å². The molecule has 3 heteroatoms. The van der Waals surface area contributed by atoms with Crippen LogP contribution in [0.4, 0.5) is 0 Å². The summed E-state index contributed by atoms with van der Waals surface area (Å²) in [5.74, 6) is 1.27. The molecule has 0 aromatic carbocycles. The lowest BCUT2D eigenvalue weighted by molar-refractivity contribution is 0.265. The van der Waals surface area contributed by atoms with Crippen LogP contribution < -0.4 is 5.32 Å². The zero-order valence-corrected chi connectivity index (χ0v) is 12.4. The Bertz CT molecular complexity index is 232. The van der Waals surface area contributed by atoms with Crippen LogP contribution in [0.1, 0.15) is 46.5 Å². The maximum Gasteiger partial charge on any atom is 0.0210 e. The Kier molecular flexibility index (Phi) is 5.19. The van der Waals surface area contributed by atoms with Crippen molar-refractivity contribution in [1.29, 1.82) is 0 Å². The van der Waals surface area contributed by atoms with Gasteiger partial charge in [0, 0.05) is 29.9 Å². The van der Waals surface area contributed by atoms with Crippen molar-refractivity contribution in [2.45, 2.75) is 69.8 Å². The van der Waals surface area contributed by atoms with E-state index >= 15 is 0 Å². The van der Waals surface area contributed by atoms with Gasteiger partial charge in [0.2, 0.25) is 0 Å². The Balaban J connectivity index is 1.77. The van der Waals surface area contributed by atoms with Gasteiger partial charge in [-0.3, -0.25) is 4.90 Å². The maximum absolute atomic E-state index is 3.94. The predicted molar refractivity (Wildman–Crippen MR) is 77.8 cm³/mol. The normalized spacial score (nSPS) is 34.9. The van der Waals surface area contributed by atoms with Crippen molar-refractivity contribution in [2.24, 2.45) is 0 Å². The van der Waals surface area contributed by atoms with Gasteiger partial charge in [0.15, 0.2) is 0 Å². The monoisotopic (exact) mass is 256 g/mol. The summed E-state index contributed by atoms with van der Waals surface area (Å²) in [5.41, 5.74) is 0. The molecule has 17 heavy (non-hydrogen) atoms. The third-order valence-electron chi connectivity index (χ3n) is 4.23. The lowest BCUT2D eigenvalue weighted by Gasteiger charge is -2.25. The molecular formula is C14H28N2S. The van der Waals surface area contributed by atoms with Gasteiger partial charge in [0.1, 0.15) is 0 Å². The Morgan fingerprint density at radius 3 is 2.76 bits per heavy atom. The topological polar surface area (TPSA) is 15.3 Å². The Labute approximate surface area is 111 Å². The van der Waals surface area contributed by atoms with Crippen LogP contribution in [0, 0.1) is 0 Å². The molecule has 1 heterocycles. The fourth-order valence-electron chi connectivity index (χ4n) is 3.23. The van der Waals surface area contributed by atoms with Crippen molar-refractivity contribution in [1.82, 2.24) is 10.2 Å². The molecule has 2 nitrogen and oxygen atoms in total. The summed E-state index contributed by atoms with van der Waals surface area (Å²) in [5, 5.41) is 4.82. The molecule has 1 saturated heterocycles. The van der Waals surface area contributed by atoms with Crippen molar-refractivity contribution < 1.29 is 0 Å². The van der Waals surface area contributed by atoms with E-state index in [0.29, 0.717) is 6.04 Å². The SMILES string of the molecule is CCSC1CCCC1NC1CCN(C(C)C)C1. The molecule has 1 aliphatic heterocycles. The highest BCUT2D eigenvalue weighted by atomic mass is 32.2. The van der Waals surface area contributed by atoms with Gasteiger partial charge in [-0.05, 0) is 45.4 Å². The molecule has 0 amide bonds. The second-order valence-corrected chi connectivity index (χ2v) is 7.29. The number of likely N-dealkylation sites (tertiary alicyclic amines) is 1. The second kappa shape index (κ2) is 6.44. The number of hydrogen-bond donors (Lipinski definition) is 1. The summed E-state index contributed by atoms with van der Waals surface area (Å²) in [6.45, 7) is 9.46. The standard InChI is InChI=1S/C14H28N2S/c1-4-17-14-7-5-6-13(14)15-12-8-9-16(10-12)11(2)3/h11-15H,4-10H2,1-3H3. The smallest absolute Gasteiger partial charge is 0.0210 e. The van der Waals surface area contributed by atoms with Gasteiger partial charge in [-0.15, -0.1) is 0 Å². The fraction of sp³-hybridized carbons (Fsp3) is 1.00. The van der Waals surface area contributed by atoms with E-state index in [2.05, 4.69) is 42.7 Å². The van der Waals surface area contributed by atoms with Crippen LogP contribution in [0.25, 0.3) is 0 Å². The molecule has 0 spiro atoms. The minimum atomic E-state index is 0.714. The van der Waals surface area contributed by atoms with Crippen LogP contribution in [-0.4, -0.2) is 47.1 Å². The zero-order chi connectivity index (χ0) is 12.3. The molecule has 3 unspecified atom stereocenters. The van der Waals surface area contributed by atoms with E-state index in [1.165, 1.54) is 44.5 Å². The maximum atomic E-state index is 3.94. The minimum absolute atomic E-state index is 0.714. The van der Waals surface area contributed by atoms with E-state index in [1.54, 1.807) is 0 Å². The summed E-state index contributed by atoms with van der Waals surface area (Å²) < 4.78 is 0. The van der Waals surface area contributed by atoms with Gasteiger partial charge in [-0.25, -0.2) is 0 Å². The molecule has 0 aromatic heterocycles. The second-order valence-electron chi connectivity index (χ2n) is 5.77. The predicted octanol–water partition coefficient (Wildman–Crippen LogP) is 2.73. The highest BCUT2D eigenvalue weighted by Gasteiger charge is 2.31. The molecule has 0 radical (unpaired) electrons. The first-order chi connectivity index (χ1) is 8.20. The highest BCUT2D eigenvalue weighted by Crippen LogP contribution is 2.30. The van der Waals surface area contributed by atoms with Gasteiger partial charge >= 0.3 is 0 Å². The Hall–Kier alpha value is 0.270. The lowest BCUT2D eigenvalue weighted by atomic mass is 10.2. The molecular weight excluding hydrogens is 228 g/mol. The average molecular weight is 256 g/mol. The average Bonchev–Trinajstić information content (AvgIpc) is 2.90. The van der Waals surface area contributed by atoms with Crippen molar-refractivity contribution in [3.63, 3.8) is 0 Å². The van der Waals surface area contributed by atoms with Crippen LogP contribution >= 0.6 is 11.8 Å². The van der Waals surface area contributed by atoms with E-state index in [1.807, 2.05) is 0 Å². The number of thioether (sulfide) groups is 1. The molecule has 2 aliphatic rings. The number of nitrogens with one attached hydrogen (secondary N) is 1. The third kappa shape index (κ3) is 3.62. The van der Waals surface area contributed by atoms with E-state index in [0.717, 1.165) is 17.3 Å². The molecule has 1 N–H and O–H groups in total. The summed E-state index contributed by atoms with van der Waals surface area (Å²) in [6.07, 6.45) is 5.60. The van der Waals surface area contributed by atoms with Crippen molar-refractivity contribution in [3.05, 3.63) is 0 Å². The van der Waals surface area contributed by atoms with Crippen LogP contribution in [0.5, 0.6) is 0 Å². The number of hydrogen-bond acceptors (Lipinski definition) is 3. The molecule has 0 aromatic rings. The number of nitrogens with zero attached hydrogens (tertiary/aromatic N) is 1. The Morgan fingerprint density at radius 2 is 2.12 bits per heavy atom. The van der Waals surface area contributed by atoms with Crippen LogP contribution in [0.3, 0.4) is 0 Å². The van der Waals surface area contributed by atoms with Crippen molar-refractivity contribution in [2.75, 3.05) is 18.8 Å². The summed E-state index contributed by atoms with van der Waals surface area (Å²) in [7, 11) is 0. The van der Waals surface area contributed by atoms with Gasteiger partial charge in [0.25, 0.3) is 0 Å². The van der Waals surface area contributed by atoms with E-state index in [4.69, 9.17) is 0 Å². The lowest BCUT2D eigenvalue weighted by Crippen LogP contribution is -2.43. The minimum Gasteiger partial charge on any atom is -0.309 e. The summed E-state index contributed by atoms with van der Waals surface area (Å²) in [6, 6.07) is 2.25. The quantitative estimate of drug-likeness (QED) is 0.814. The highest BCUT2D eigenvalue weighted by molar-refractivity contribution is 7.99. The first-order valence-corrected chi connectivity index (χ1v) is 8.37. The van der Waals surface area contributed by atoms with Crippen molar-refractivity contribution in [3.8, 4) is 0 Å². The van der Waals surface area contributed by atoms with Gasteiger partial charge in [0.05, 0.1) is 0 Å². The molecule has 2 rings (SSSR count). The fourth-order valence-corrected chi connectivity index (χ4v) is 4.43. The van der Waals surface area contributed by atoms with Gasteiger partial charge in [-0.1, -0.05) is 13.3 Å². The summed E-state index contributed by atoms with van der Waals surface area (Å²) >= 11 is 2.16.